The molecule has 1 rings (SSSR count). The van der Waals surface area contributed by atoms with Crippen LogP contribution in [-0.2, 0) is 4.74 Å². The van der Waals surface area contributed by atoms with Gasteiger partial charge in [0.2, 0.25) is 0 Å². The summed E-state index contributed by atoms with van der Waals surface area (Å²) in [5, 5.41) is 3.54. The van der Waals surface area contributed by atoms with Gasteiger partial charge in [0.1, 0.15) is 0 Å². The SMILES string of the molecule is CCC(C)OC(CNC(C)(C)C)c1ccc(C)cc1. The van der Waals surface area contributed by atoms with Crippen molar-refractivity contribution >= 4 is 0 Å². The Balaban J connectivity index is 2.76. The van der Waals surface area contributed by atoms with Crippen molar-refractivity contribution in [3.05, 3.63) is 35.4 Å². The van der Waals surface area contributed by atoms with E-state index in [1.165, 1.54) is 11.1 Å². The summed E-state index contributed by atoms with van der Waals surface area (Å²) < 4.78 is 6.16. The fourth-order valence-electron chi connectivity index (χ4n) is 1.80. The van der Waals surface area contributed by atoms with Crippen molar-refractivity contribution < 1.29 is 4.74 Å². The second-order valence-corrected chi connectivity index (χ2v) is 6.39. The summed E-state index contributed by atoms with van der Waals surface area (Å²) in [4.78, 5) is 0. The van der Waals surface area contributed by atoms with Gasteiger partial charge >= 0.3 is 0 Å². The molecule has 0 saturated heterocycles. The molecule has 0 aromatic heterocycles. The number of rotatable bonds is 6. The van der Waals surface area contributed by atoms with Crippen LogP contribution in [0.2, 0.25) is 0 Å². The maximum atomic E-state index is 6.16. The molecule has 0 amide bonds. The van der Waals surface area contributed by atoms with Crippen LogP contribution in [-0.4, -0.2) is 18.2 Å². The van der Waals surface area contributed by atoms with E-state index in [1.807, 2.05) is 0 Å². The number of hydrogen-bond acceptors (Lipinski definition) is 2. The highest BCUT2D eigenvalue weighted by atomic mass is 16.5. The van der Waals surface area contributed by atoms with Crippen LogP contribution in [0.1, 0.15) is 58.3 Å². The number of hydrogen-bond donors (Lipinski definition) is 1. The third-order valence-electron chi connectivity index (χ3n) is 3.24. The van der Waals surface area contributed by atoms with Crippen LogP contribution in [0.3, 0.4) is 0 Å². The molecule has 2 heteroatoms. The third kappa shape index (κ3) is 6.22. The second kappa shape index (κ2) is 7.06. The summed E-state index contributed by atoms with van der Waals surface area (Å²) in [6.45, 7) is 13.8. The molecule has 0 fully saturated rings. The van der Waals surface area contributed by atoms with Crippen LogP contribution in [0.4, 0.5) is 0 Å². The van der Waals surface area contributed by atoms with Gasteiger partial charge in [-0.3, -0.25) is 0 Å². The van der Waals surface area contributed by atoms with Crippen molar-refractivity contribution in [2.24, 2.45) is 0 Å². The van der Waals surface area contributed by atoms with E-state index >= 15 is 0 Å². The van der Waals surface area contributed by atoms with E-state index in [4.69, 9.17) is 4.74 Å². The molecule has 2 atom stereocenters. The van der Waals surface area contributed by atoms with Crippen molar-refractivity contribution in [2.45, 2.75) is 65.7 Å². The Hall–Kier alpha value is -0.860. The zero-order valence-corrected chi connectivity index (χ0v) is 13.3. The first-order valence-corrected chi connectivity index (χ1v) is 7.29. The maximum absolute atomic E-state index is 6.16. The van der Waals surface area contributed by atoms with E-state index < -0.39 is 0 Å². The maximum Gasteiger partial charge on any atom is 0.0953 e. The normalized spacial score (nSPS) is 15.3. The molecule has 19 heavy (non-hydrogen) atoms. The van der Waals surface area contributed by atoms with Gasteiger partial charge in [0.15, 0.2) is 0 Å². The molecule has 1 aromatic rings. The third-order valence-corrected chi connectivity index (χ3v) is 3.24. The van der Waals surface area contributed by atoms with Gasteiger partial charge in [-0.2, -0.15) is 0 Å². The summed E-state index contributed by atoms with van der Waals surface area (Å²) in [5.41, 5.74) is 2.65. The summed E-state index contributed by atoms with van der Waals surface area (Å²) in [5.74, 6) is 0. The Morgan fingerprint density at radius 1 is 1.16 bits per heavy atom. The largest absolute Gasteiger partial charge is 0.369 e. The fraction of sp³-hybridized carbons (Fsp3) is 0.647. The minimum atomic E-state index is 0.113. The highest BCUT2D eigenvalue weighted by molar-refractivity contribution is 5.23. The van der Waals surface area contributed by atoms with Gasteiger partial charge in [0.05, 0.1) is 12.2 Å². The Morgan fingerprint density at radius 2 is 1.74 bits per heavy atom. The number of aryl methyl sites for hydroxylation is 1. The van der Waals surface area contributed by atoms with Crippen molar-refractivity contribution in [2.75, 3.05) is 6.54 Å². The average molecular weight is 263 g/mol. The molecule has 1 aromatic carbocycles. The van der Waals surface area contributed by atoms with Gasteiger partial charge in [-0.05, 0) is 46.6 Å². The lowest BCUT2D eigenvalue weighted by Gasteiger charge is -2.27. The van der Waals surface area contributed by atoms with Crippen LogP contribution in [0.25, 0.3) is 0 Å². The molecular weight excluding hydrogens is 234 g/mol. The summed E-state index contributed by atoms with van der Waals surface area (Å²) in [6.07, 6.45) is 1.44. The molecule has 2 nitrogen and oxygen atoms in total. The predicted molar refractivity (Wildman–Crippen MR) is 82.5 cm³/mol. The zero-order valence-electron chi connectivity index (χ0n) is 13.3. The van der Waals surface area contributed by atoms with E-state index in [1.54, 1.807) is 0 Å². The highest BCUT2D eigenvalue weighted by Gasteiger charge is 2.18. The molecule has 0 spiro atoms. The zero-order chi connectivity index (χ0) is 14.5. The van der Waals surface area contributed by atoms with Crippen LogP contribution in [0, 0.1) is 6.92 Å². The molecule has 2 unspecified atom stereocenters. The summed E-state index contributed by atoms with van der Waals surface area (Å²) >= 11 is 0. The number of nitrogens with one attached hydrogen (secondary N) is 1. The van der Waals surface area contributed by atoms with Gasteiger partial charge in [-0.15, -0.1) is 0 Å². The van der Waals surface area contributed by atoms with E-state index in [0.717, 1.165) is 13.0 Å². The summed E-state index contributed by atoms with van der Waals surface area (Å²) in [7, 11) is 0. The number of ether oxygens (including phenoxy) is 1. The fourth-order valence-corrected chi connectivity index (χ4v) is 1.80. The molecule has 0 saturated carbocycles. The molecule has 0 aliphatic carbocycles. The van der Waals surface area contributed by atoms with Gasteiger partial charge in [-0.25, -0.2) is 0 Å². The highest BCUT2D eigenvalue weighted by Crippen LogP contribution is 2.21. The van der Waals surface area contributed by atoms with Crippen LogP contribution in [0.15, 0.2) is 24.3 Å². The smallest absolute Gasteiger partial charge is 0.0953 e. The quantitative estimate of drug-likeness (QED) is 0.829. The molecule has 1 N–H and O–H groups in total. The standard InChI is InChI=1S/C17H29NO/c1-7-14(3)19-16(12-18-17(4,5)6)15-10-8-13(2)9-11-15/h8-11,14,16,18H,7,12H2,1-6H3. The Bertz CT molecular complexity index is 364. The Kier molecular flexibility index (Phi) is 6.02. The molecule has 0 bridgehead atoms. The van der Waals surface area contributed by atoms with Crippen molar-refractivity contribution in [1.82, 2.24) is 5.32 Å². The molecule has 0 radical (unpaired) electrons. The molecule has 0 aliphatic heterocycles. The molecular formula is C17H29NO. The molecule has 0 heterocycles. The first-order chi connectivity index (χ1) is 8.81. The van der Waals surface area contributed by atoms with E-state index in [0.29, 0.717) is 0 Å². The van der Waals surface area contributed by atoms with E-state index in [-0.39, 0.29) is 17.7 Å². The van der Waals surface area contributed by atoms with Crippen LogP contribution < -0.4 is 5.32 Å². The van der Waals surface area contributed by atoms with Crippen LogP contribution in [0.5, 0.6) is 0 Å². The summed E-state index contributed by atoms with van der Waals surface area (Å²) in [6, 6.07) is 8.65. The topological polar surface area (TPSA) is 21.3 Å². The van der Waals surface area contributed by atoms with E-state index in [9.17, 15) is 0 Å². The van der Waals surface area contributed by atoms with Gasteiger partial charge in [-0.1, -0.05) is 36.8 Å². The minimum Gasteiger partial charge on any atom is -0.369 e. The first kappa shape index (κ1) is 16.2. The van der Waals surface area contributed by atoms with Crippen molar-refractivity contribution in [3.8, 4) is 0 Å². The van der Waals surface area contributed by atoms with Gasteiger partial charge in [0, 0.05) is 12.1 Å². The van der Waals surface area contributed by atoms with Gasteiger partial charge in [0.25, 0.3) is 0 Å². The Morgan fingerprint density at radius 3 is 2.21 bits per heavy atom. The lowest BCUT2D eigenvalue weighted by atomic mass is 10.0. The number of benzene rings is 1. The second-order valence-electron chi connectivity index (χ2n) is 6.39. The van der Waals surface area contributed by atoms with Crippen molar-refractivity contribution in [1.29, 1.82) is 0 Å². The van der Waals surface area contributed by atoms with Crippen LogP contribution >= 0.6 is 0 Å². The monoisotopic (exact) mass is 263 g/mol. The molecule has 108 valence electrons. The predicted octanol–water partition coefficient (Wildman–Crippen LogP) is 4.24. The minimum absolute atomic E-state index is 0.113. The molecule has 0 aliphatic rings. The Labute approximate surface area is 118 Å². The lowest BCUT2D eigenvalue weighted by molar-refractivity contribution is -0.00729. The average Bonchev–Trinajstić information content (AvgIpc) is 2.34. The van der Waals surface area contributed by atoms with E-state index in [2.05, 4.69) is 71.1 Å². The first-order valence-electron chi connectivity index (χ1n) is 7.29. The van der Waals surface area contributed by atoms with Crippen molar-refractivity contribution in [3.63, 3.8) is 0 Å². The van der Waals surface area contributed by atoms with Gasteiger partial charge < -0.3 is 10.1 Å². The lowest BCUT2D eigenvalue weighted by Crippen LogP contribution is -2.39.